The van der Waals surface area contributed by atoms with Crippen molar-refractivity contribution in [2.75, 3.05) is 12.5 Å². The number of hydrazine groups is 1. The first-order valence-electron chi connectivity index (χ1n) is 4.66. The summed E-state index contributed by atoms with van der Waals surface area (Å²) in [4.78, 5) is 15.5. The number of nitrogens with one attached hydrogen (secondary N) is 2. The SMILES string of the molecule is COCc1cc(NN)nc(-c2ncc[nH]2)n1. The van der Waals surface area contributed by atoms with Gasteiger partial charge >= 0.3 is 0 Å². The Balaban J connectivity index is 2.41. The lowest BCUT2D eigenvalue weighted by Crippen LogP contribution is -2.11. The third-order valence-electron chi connectivity index (χ3n) is 1.93. The van der Waals surface area contributed by atoms with E-state index in [1.807, 2.05) is 0 Å². The zero-order valence-corrected chi connectivity index (χ0v) is 8.77. The normalized spacial score (nSPS) is 10.4. The molecular weight excluding hydrogens is 208 g/mol. The van der Waals surface area contributed by atoms with E-state index in [1.165, 1.54) is 0 Å². The van der Waals surface area contributed by atoms with Gasteiger partial charge in [-0.3, -0.25) is 0 Å². The Morgan fingerprint density at radius 2 is 2.38 bits per heavy atom. The molecule has 2 aromatic heterocycles. The number of methoxy groups -OCH3 is 1. The molecule has 0 spiro atoms. The van der Waals surface area contributed by atoms with Crippen molar-refractivity contribution in [3.8, 4) is 11.6 Å². The number of rotatable bonds is 4. The van der Waals surface area contributed by atoms with Gasteiger partial charge in [0, 0.05) is 25.6 Å². The Kier molecular flexibility index (Phi) is 3.08. The summed E-state index contributed by atoms with van der Waals surface area (Å²) in [5, 5.41) is 0. The fourth-order valence-corrected chi connectivity index (χ4v) is 1.29. The molecule has 0 saturated carbocycles. The lowest BCUT2D eigenvalue weighted by atomic mass is 10.4. The van der Waals surface area contributed by atoms with Crippen LogP contribution in [-0.4, -0.2) is 27.0 Å². The van der Waals surface area contributed by atoms with Crippen LogP contribution >= 0.6 is 0 Å². The van der Waals surface area contributed by atoms with Crippen molar-refractivity contribution in [1.29, 1.82) is 0 Å². The molecule has 0 aliphatic rings. The number of nitrogens with two attached hydrogens (primary N) is 1. The third kappa shape index (κ3) is 2.15. The van der Waals surface area contributed by atoms with E-state index in [9.17, 15) is 0 Å². The van der Waals surface area contributed by atoms with Crippen molar-refractivity contribution in [3.05, 3.63) is 24.2 Å². The van der Waals surface area contributed by atoms with Crippen LogP contribution in [0.5, 0.6) is 0 Å². The second-order valence-electron chi connectivity index (χ2n) is 3.08. The Bertz CT molecular complexity index is 455. The maximum atomic E-state index is 5.33. The lowest BCUT2D eigenvalue weighted by Gasteiger charge is -2.05. The monoisotopic (exact) mass is 220 g/mol. The number of anilines is 1. The summed E-state index contributed by atoms with van der Waals surface area (Å²) in [6, 6.07) is 1.72. The molecule has 0 fully saturated rings. The van der Waals surface area contributed by atoms with E-state index in [4.69, 9.17) is 10.6 Å². The predicted octanol–water partition coefficient (Wildman–Crippen LogP) is 0.299. The topological polar surface area (TPSA) is 102 Å². The first-order chi connectivity index (χ1) is 7.83. The Morgan fingerprint density at radius 1 is 1.50 bits per heavy atom. The van der Waals surface area contributed by atoms with Crippen LogP contribution in [0, 0.1) is 0 Å². The molecule has 0 radical (unpaired) electrons. The molecular formula is C9H12N6O. The molecule has 0 aliphatic heterocycles. The van der Waals surface area contributed by atoms with E-state index in [2.05, 4.69) is 25.4 Å². The van der Waals surface area contributed by atoms with Gasteiger partial charge in [-0.05, 0) is 0 Å². The van der Waals surface area contributed by atoms with Crippen LogP contribution in [-0.2, 0) is 11.3 Å². The fourth-order valence-electron chi connectivity index (χ4n) is 1.29. The van der Waals surface area contributed by atoms with E-state index in [-0.39, 0.29) is 0 Å². The number of hydrogen-bond donors (Lipinski definition) is 3. The number of hydrogen-bond acceptors (Lipinski definition) is 6. The van der Waals surface area contributed by atoms with Gasteiger partial charge in [0.1, 0.15) is 5.82 Å². The molecule has 0 saturated heterocycles. The summed E-state index contributed by atoms with van der Waals surface area (Å²) in [6.07, 6.45) is 3.34. The highest BCUT2D eigenvalue weighted by Crippen LogP contribution is 2.13. The Morgan fingerprint density at radius 3 is 3.00 bits per heavy atom. The van der Waals surface area contributed by atoms with Crippen molar-refractivity contribution < 1.29 is 4.74 Å². The van der Waals surface area contributed by atoms with E-state index in [0.29, 0.717) is 24.1 Å². The minimum Gasteiger partial charge on any atom is -0.378 e. The highest BCUT2D eigenvalue weighted by molar-refractivity contribution is 5.48. The van der Waals surface area contributed by atoms with Crippen LogP contribution in [0.25, 0.3) is 11.6 Å². The molecule has 0 bridgehead atoms. The predicted molar refractivity (Wildman–Crippen MR) is 58.1 cm³/mol. The number of aromatic amines is 1. The molecule has 0 amide bonds. The molecule has 0 unspecified atom stereocenters. The van der Waals surface area contributed by atoms with Gasteiger partial charge in [0.15, 0.2) is 11.6 Å². The zero-order chi connectivity index (χ0) is 11.4. The minimum absolute atomic E-state index is 0.394. The number of aromatic nitrogens is 4. The van der Waals surface area contributed by atoms with Crippen LogP contribution in [0.2, 0.25) is 0 Å². The van der Waals surface area contributed by atoms with E-state index >= 15 is 0 Å². The largest absolute Gasteiger partial charge is 0.378 e. The quantitative estimate of drug-likeness (QED) is 0.506. The second kappa shape index (κ2) is 4.69. The van der Waals surface area contributed by atoms with Gasteiger partial charge in [-0.15, -0.1) is 0 Å². The number of nitrogens with zero attached hydrogens (tertiary/aromatic N) is 3. The summed E-state index contributed by atoms with van der Waals surface area (Å²) in [5.74, 6) is 6.92. The van der Waals surface area contributed by atoms with Gasteiger partial charge in [-0.2, -0.15) is 0 Å². The van der Waals surface area contributed by atoms with Crippen molar-refractivity contribution in [1.82, 2.24) is 19.9 Å². The van der Waals surface area contributed by atoms with Gasteiger partial charge in [0.2, 0.25) is 0 Å². The highest BCUT2D eigenvalue weighted by atomic mass is 16.5. The minimum atomic E-state index is 0.394. The Labute approximate surface area is 92.1 Å². The van der Waals surface area contributed by atoms with E-state index in [0.717, 1.165) is 5.69 Å². The van der Waals surface area contributed by atoms with Crippen molar-refractivity contribution in [2.24, 2.45) is 5.84 Å². The van der Waals surface area contributed by atoms with Crippen LogP contribution in [0.4, 0.5) is 5.82 Å². The number of imidazole rings is 1. The fraction of sp³-hybridized carbons (Fsp3) is 0.222. The maximum Gasteiger partial charge on any atom is 0.198 e. The van der Waals surface area contributed by atoms with Crippen molar-refractivity contribution in [2.45, 2.75) is 6.61 Å². The number of ether oxygens (including phenoxy) is 1. The third-order valence-corrected chi connectivity index (χ3v) is 1.93. The molecule has 0 atom stereocenters. The molecule has 0 aliphatic carbocycles. The first kappa shape index (κ1) is 10.5. The Hall–Kier alpha value is -1.99. The summed E-state index contributed by atoms with van der Waals surface area (Å²) in [6.45, 7) is 0.394. The number of nitrogen functional groups attached to an aromatic ring is 1. The summed E-state index contributed by atoms with van der Waals surface area (Å²) >= 11 is 0. The zero-order valence-electron chi connectivity index (χ0n) is 8.77. The van der Waals surface area contributed by atoms with Crippen LogP contribution in [0.15, 0.2) is 18.5 Å². The molecule has 2 rings (SSSR count). The van der Waals surface area contributed by atoms with Gasteiger partial charge in [0.25, 0.3) is 0 Å². The highest BCUT2D eigenvalue weighted by Gasteiger charge is 2.07. The average molecular weight is 220 g/mol. The smallest absolute Gasteiger partial charge is 0.198 e. The standard InChI is InChI=1S/C9H12N6O/c1-16-5-6-4-7(15-10)14-9(13-6)8-11-2-3-12-8/h2-4H,5,10H2,1H3,(H,11,12)(H,13,14,15). The van der Waals surface area contributed by atoms with Gasteiger partial charge in [-0.25, -0.2) is 20.8 Å². The van der Waals surface area contributed by atoms with Crippen molar-refractivity contribution >= 4 is 5.82 Å². The molecule has 7 nitrogen and oxygen atoms in total. The van der Waals surface area contributed by atoms with Gasteiger partial charge in [0.05, 0.1) is 12.3 Å². The molecule has 0 aromatic carbocycles. The first-order valence-corrected chi connectivity index (χ1v) is 4.66. The second-order valence-corrected chi connectivity index (χ2v) is 3.08. The van der Waals surface area contributed by atoms with Gasteiger partial charge < -0.3 is 15.1 Å². The van der Waals surface area contributed by atoms with E-state index < -0.39 is 0 Å². The molecule has 2 heterocycles. The van der Waals surface area contributed by atoms with Crippen LogP contribution in [0.3, 0.4) is 0 Å². The van der Waals surface area contributed by atoms with E-state index in [1.54, 1.807) is 25.6 Å². The van der Waals surface area contributed by atoms with Crippen LogP contribution < -0.4 is 11.3 Å². The number of H-pyrrole nitrogens is 1. The van der Waals surface area contributed by atoms with Crippen LogP contribution in [0.1, 0.15) is 5.69 Å². The summed E-state index contributed by atoms with van der Waals surface area (Å²) in [7, 11) is 1.60. The summed E-state index contributed by atoms with van der Waals surface area (Å²) in [5.41, 5.74) is 3.21. The van der Waals surface area contributed by atoms with Gasteiger partial charge in [-0.1, -0.05) is 0 Å². The summed E-state index contributed by atoms with van der Waals surface area (Å²) < 4.78 is 5.01. The maximum absolute atomic E-state index is 5.33. The lowest BCUT2D eigenvalue weighted by molar-refractivity contribution is 0.181. The molecule has 2 aromatic rings. The molecule has 7 heteroatoms. The average Bonchev–Trinajstić information content (AvgIpc) is 2.82. The molecule has 4 N–H and O–H groups in total. The molecule has 84 valence electrons. The molecule has 16 heavy (non-hydrogen) atoms. The van der Waals surface area contributed by atoms with Crippen molar-refractivity contribution in [3.63, 3.8) is 0 Å².